The summed E-state index contributed by atoms with van der Waals surface area (Å²) in [6.07, 6.45) is 6.55. The maximum atomic E-state index is 10.8. The molecule has 0 amide bonds. The van der Waals surface area contributed by atoms with Gasteiger partial charge in [0, 0.05) is 6.08 Å². The van der Waals surface area contributed by atoms with E-state index in [0.717, 1.165) is 11.8 Å². The minimum Gasteiger partial charge on any atom is -0.482 e. The highest BCUT2D eigenvalue weighted by Crippen LogP contribution is 2.16. The van der Waals surface area contributed by atoms with Gasteiger partial charge in [-0.1, -0.05) is 18.7 Å². The van der Waals surface area contributed by atoms with Crippen molar-refractivity contribution in [3.05, 3.63) is 36.6 Å². The van der Waals surface area contributed by atoms with Gasteiger partial charge in [0.1, 0.15) is 11.7 Å². The molecule has 58 valence electrons. The van der Waals surface area contributed by atoms with Gasteiger partial charge in [-0.2, -0.15) is 0 Å². The highest BCUT2D eigenvalue weighted by Gasteiger charge is 2.07. The third-order valence-electron chi connectivity index (χ3n) is 1.08. The topological polar surface area (TPSA) is 26.3 Å². The number of rotatable bonds is 2. The summed E-state index contributed by atoms with van der Waals surface area (Å²) >= 11 is 1.16. The van der Waals surface area contributed by atoms with Gasteiger partial charge in [-0.25, -0.2) is 0 Å². The molecule has 2 nitrogen and oxygen atoms in total. The third-order valence-corrected chi connectivity index (χ3v) is 1.72. The number of ether oxygens (including phenoxy) is 1. The van der Waals surface area contributed by atoms with Gasteiger partial charge in [-0.3, -0.25) is 4.79 Å². The Kier molecular flexibility index (Phi) is 2.98. The SMILES string of the molecule is C=CC=CC1=CC(=O)SCO1. The molecule has 1 aliphatic rings. The van der Waals surface area contributed by atoms with Gasteiger partial charge in [0.15, 0.2) is 0 Å². The molecule has 0 saturated heterocycles. The first-order valence-electron chi connectivity index (χ1n) is 3.13. The van der Waals surface area contributed by atoms with Gasteiger partial charge >= 0.3 is 0 Å². The van der Waals surface area contributed by atoms with Crippen molar-refractivity contribution in [2.24, 2.45) is 0 Å². The van der Waals surface area contributed by atoms with Gasteiger partial charge < -0.3 is 4.74 Å². The maximum absolute atomic E-state index is 10.8. The third kappa shape index (κ3) is 2.63. The van der Waals surface area contributed by atoms with Crippen LogP contribution < -0.4 is 0 Å². The van der Waals surface area contributed by atoms with Crippen LogP contribution in [-0.2, 0) is 9.53 Å². The normalized spacial score (nSPS) is 17.8. The van der Waals surface area contributed by atoms with E-state index in [9.17, 15) is 4.79 Å². The molecule has 0 radical (unpaired) electrons. The van der Waals surface area contributed by atoms with E-state index in [1.165, 1.54) is 6.08 Å². The zero-order valence-corrected chi connectivity index (χ0v) is 6.76. The molecule has 0 fully saturated rings. The molecule has 1 aliphatic heterocycles. The molecule has 1 heterocycles. The molecule has 0 saturated carbocycles. The van der Waals surface area contributed by atoms with Crippen LogP contribution in [0.4, 0.5) is 0 Å². The van der Waals surface area contributed by atoms with E-state index in [2.05, 4.69) is 6.58 Å². The molecule has 0 spiro atoms. The van der Waals surface area contributed by atoms with Crippen molar-refractivity contribution in [2.45, 2.75) is 0 Å². The van der Waals surface area contributed by atoms with Crippen LogP contribution in [0, 0.1) is 0 Å². The molecule has 0 bridgehead atoms. The Hall–Kier alpha value is -0.960. The molecule has 11 heavy (non-hydrogen) atoms. The summed E-state index contributed by atoms with van der Waals surface area (Å²) in [5.41, 5.74) is 0. The van der Waals surface area contributed by atoms with Crippen LogP contribution in [0.1, 0.15) is 0 Å². The Labute approximate surface area is 69.6 Å². The number of allylic oxidation sites excluding steroid dienone is 3. The molecule has 0 aromatic carbocycles. The van der Waals surface area contributed by atoms with Crippen molar-refractivity contribution in [1.82, 2.24) is 0 Å². The molecule has 0 aliphatic carbocycles. The van der Waals surface area contributed by atoms with Crippen molar-refractivity contribution in [2.75, 3.05) is 5.94 Å². The Morgan fingerprint density at radius 2 is 2.55 bits per heavy atom. The fraction of sp³-hybridized carbons (Fsp3) is 0.125. The lowest BCUT2D eigenvalue weighted by Crippen LogP contribution is -2.01. The van der Waals surface area contributed by atoms with E-state index in [-0.39, 0.29) is 5.12 Å². The molecule has 0 aromatic rings. The lowest BCUT2D eigenvalue weighted by atomic mass is 10.4. The lowest BCUT2D eigenvalue weighted by molar-refractivity contribution is -0.107. The molecular formula is C8H8O2S. The number of carbonyl (C=O) groups excluding carboxylic acids is 1. The molecule has 0 aromatic heterocycles. The zero-order valence-electron chi connectivity index (χ0n) is 5.95. The fourth-order valence-electron chi connectivity index (χ4n) is 0.614. The van der Waals surface area contributed by atoms with Crippen LogP contribution in [0.15, 0.2) is 36.6 Å². The minimum atomic E-state index is 0.0416. The molecule has 3 heteroatoms. The lowest BCUT2D eigenvalue weighted by Gasteiger charge is -2.09. The summed E-state index contributed by atoms with van der Waals surface area (Å²) in [6, 6.07) is 0. The van der Waals surface area contributed by atoms with Crippen LogP contribution >= 0.6 is 11.8 Å². The van der Waals surface area contributed by atoms with Crippen molar-refractivity contribution >= 4 is 16.9 Å². The van der Waals surface area contributed by atoms with E-state index in [0.29, 0.717) is 11.7 Å². The smallest absolute Gasteiger partial charge is 0.219 e. The van der Waals surface area contributed by atoms with E-state index in [1.54, 1.807) is 18.2 Å². The van der Waals surface area contributed by atoms with Gasteiger partial charge in [0.2, 0.25) is 5.12 Å². The van der Waals surface area contributed by atoms with Gasteiger partial charge in [-0.15, -0.1) is 0 Å². The highest BCUT2D eigenvalue weighted by atomic mass is 32.2. The van der Waals surface area contributed by atoms with Crippen LogP contribution in [0.3, 0.4) is 0 Å². The molecule has 1 rings (SSSR count). The summed E-state index contributed by atoms with van der Waals surface area (Å²) in [7, 11) is 0. The number of hydrogen-bond acceptors (Lipinski definition) is 3. The molecule has 0 atom stereocenters. The molecular weight excluding hydrogens is 160 g/mol. The Morgan fingerprint density at radius 1 is 1.73 bits per heavy atom. The fourth-order valence-corrected chi connectivity index (χ4v) is 1.12. The van der Waals surface area contributed by atoms with Gasteiger partial charge in [0.25, 0.3) is 0 Å². The molecule has 0 N–H and O–H groups in total. The Bertz CT molecular complexity index is 228. The number of carbonyl (C=O) groups is 1. The number of hydrogen-bond donors (Lipinski definition) is 0. The second-order valence-electron chi connectivity index (χ2n) is 1.87. The predicted octanol–water partition coefficient (Wildman–Crippen LogP) is 1.86. The van der Waals surface area contributed by atoms with Gasteiger partial charge in [-0.05, 0) is 17.8 Å². The Balaban J connectivity index is 2.63. The minimum absolute atomic E-state index is 0.0416. The second kappa shape index (κ2) is 4.03. The van der Waals surface area contributed by atoms with Gasteiger partial charge in [0.05, 0.1) is 0 Å². The van der Waals surface area contributed by atoms with Crippen LogP contribution in [-0.4, -0.2) is 11.1 Å². The second-order valence-corrected chi connectivity index (χ2v) is 2.79. The largest absolute Gasteiger partial charge is 0.482 e. The van der Waals surface area contributed by atoms with E-state index in [1.807, 2.05) is 0 Å². The van der Waals surface area contributed by atoms with Crippen molar-refractivity contribution in [1.29, 1.82) is 0 Å². The van der Waals surface area contributed by atoms with Crippen molar-refractivity contribution in [3.63, 3.8) is 0 Å². The van der Waals surface area contributed by atoms with E-state index in [4.69, 9.17) is 4.74 Å². The monoisotopic (exact) mass is 168 g/mol. The first-order chi connectivity index (χ1) is 5.33. The van der Waals surface area contributed by atoms with Crippen molar-refractivity contribution in [3.8, 4) is 0 Å². The summed E-state index contributed by atoms with van der Waals surface area (Å²) in [5, 5.41) is 0.0416. The first kappa shape index (κ1) is 8.14. The van der Waals surface area contributed by atoms with E-state index >= 15 is 0 Å². The van der Waals surface area contributed by atoms with Crippen LogP contribution in [0.5, 0.6) is 0 Å². The van der Waals surface area contributed by atoms with Crippen LogP contribution in [0.25, 0.3) is 0 Å². The van der Waals surface area contributed by atoms with Crippen LogP contribution in [0.2, 0.25) is 0 Å². The number of thioether (sulfide) groups is 1. The summed E-state index contributed by atoms with van der Waals surface area (Å²) in [5.74, 6) is 1.01. The Morgan fingerprint density at radius 3 is 3.18 bits per heavy atom. The predicted molar refractivity (Wildman–Crippen MR) is 46.0 cm³/mol. The summed E-state index contributed by atoms with van der Waals surface area (Å²) in [6.45, 7) is 3.50. The summed E-state index contributed by atoms with van der Waals surface area (Å²) < 4.78 is 5.12. The summed E-state index contributed by atoms with van der Waals surface area (Å²) in [4.78, 5) is 10.8. The average Bonchev–Trinajstić information content (AvgIpc) is 2.01. The highest BCUT2D eigenvalue weighted by molar-refractivity contribution is 8.13. The molecule has 0 unspecified atom stereocenters. The van der Waals surface area contributed by atoms with Crippen molar-refractivity contribution < 1.29 is 9.53 Å². The maximum Gasteiger partial charge on any atom is 0.219 e. The standard InChI is InChI=1S/C8H8O2S/c1-2-3-4-7-5-8(9)11-6-10-7/h2-5H,1,6H2. The quantitative estimate of drug-likeness (QED) is 0.589. The van der Waals surface area contributed by atoms with E-state index < -0.39 is 0 Å². The first-order valence-corrected chi connectivity index (χ1v) is 4.12. The zero-order chi connectivity index (χ0) is 8.10. The average molecular weight is 168 g/mol.